The Balaban J connectivity index is 1.48. The van der Waals surface area contributed by atoms with Crippen LogP contribution in [0.25, 0.3) is 0 Å². The predicted molar refractivity (Wildman–Crippen MR) is 80.1 cm³/mol. The number of urea groups is 1. The van der Waals surface area contributed by atoms with Crippen LogP contribution in [0.4, 0.5) is 4.79 Å². The second kappa shape index (κ2) is 7.04. The molecule has 1 saturated heterocycles. The van der Waals surface area contributed by atoms with Crippen LogP contribution in [0.3, 0.4) is 0 Å². The monoisotopic (exact) mass is 301 g/mol. The van der Waals surface area contributed by atoms with E-state index in [-0.39, 0.29) is 18.2 Å². The topological polar surface area (TPSA) is 81.1 Å². The van der Waals surface area contributed by atoms with E-state index in [2.05, 4.69) is 20.6 Å². The first-order valence-corrected chi connectivity index (χ1v) is 7.34. The molecule has 2 aromatic rings. The average molecular weight is 301 g/mol. The molecule has 2 aromatic heterocycles. The van der Waals surface area contributed by atoms with Gasteiger partial charge in [0.05, 0.1) is 12.4 Å². The molecular formula is C15H19N5O2. The molecule has 3 heterocycles. The van der Waals surface area contributed by atoms with Crippen LogP contribution in [-0.4, -0.2) is 39.8 Å². The van der Waals surface area contributed by atoms with Gasteiger partial charge in [-0.2, -0.15) is 0 Å². The lowest BCUT2D eigenvalue weighted by Crippen LogP contribution is -2.44. The number of nitrogens with zero attached hydrogens (tertiary/aromatic N) is 3. The maximum Gasteiger partial charge on any atom is 0.315 e. The number of aromatic nitrogens is 3. The minimum atomic E-state index is -0.176. The smallest absolute Gasteiger partial charge is 0.315 e. The molecule has 0 aliphatic carbocycles. The number of rotatable bonds is 5. The van der Waals surface area contributed by atoms with Crippen LogP contribution in [-0.2, 0) is 11.3 Å². The molecule has 2 amide bonds. The number of nitrogens with one attached hydrogen (secondary N) is 2. The first kappa shape index (κ1) is 14.5. The summed E-state index contributed by atoms with van der Waals surface area (Å²) < 4.78 is 7.64. The predicted octanol–water partition coefficient (Wildman–Crippen LogP) is 1.11. The second-order valence-electron chi connectivity index (χ2n) is 5.17. The highest BCUT2D eigenvalue weighted by Gasteiger charge is 2.30. The first-order chi connectivity index (χ1) is 10.8. The van der Waals surface area contributed by atoms with Gasteiger partial charge in [-0.15, -0.1) is 0 Å². The van der Waals surface area contributed by atoms with E-state index in [9.17, 15) is 4.79 Å². The van der Waals surface area contributed by atoms with Crippen molar-refractivity contribution in [1.82, 2.24) is 25.2 Å². The lowest BCUT2D eigenvalue weighted by atomic mass is 10.0. The third-order valence-corrected chi connectivity index (χ3v) is 3.64. The Morgan fingerprint density at radius 2 is 2.36 bits per heavy atom. The summed E-state index contributed by atoms with van der Waals surface area (Å²) in [5.74, 6) is 0. The van der Waals surface area contributed by atoms with Gasteiger partial charge in [0.2, 0.25) is 0 Å². The maximum atomic E-state index is 12.0. The Labute approximate surface area is 128 Å². The molecule has 7 nitrogen and oxygen atoms in total. The molecule has 0 aromatic carbocycles. The zero-order chi connectivity index (χ0) is 15.2. The SMILES string of the molecule is O=C(NCCn1ccnc1)N[C@H]1CCO[C@@H]1c1cccnc1. The Kier molecular flexibility index (Phi) is 4.65. The quantitative estimate of drug-likeness (QED) is 0.867. The molecule has 1 aliphatic heterocycles. The van der Waals surface area contributed by atoms with Crippen LogP contribution in [0, 0.1) is 0 Å². The molecule has 0 radical (unpaired) electrons. The van der Waals surface area contributed by atoms with Gasteiger partial charge in [-0.05, 0) is 12.5 Å². The van der Waals surface area contributed by atoms with Crippen molar-refractivity contribution in [2.75, 3.05) is 13.2 Å². The lowest BCUT2D eigenvalue weighted by molar-refractivity contribution is 0.0996. The Morgan fingerprint density at radius 3 is 3.14 bits per heavy atom. The van der Waals surface area contributed by atoms with E-state index in [1.807, 2.05) is 22.9 Å². The van der Waals surface area contributed by atoms with E-state index >= 15 is 0 Å². The Morgan fingerprint density at radius 1 is 1.41 bits per heavy atom. The van der Waals surface area contributed by atoms with Crippen molar-refractivity contribution >= 4 is 6.03 Å². The van der Waals surface area contributed by atoms with Gasteiger partial charge in [-0.3, -0.25) is 4.98 Å². The van der Waals surface area contributed by atoms with Gasteiger partial charge >= 0.3 is 6.03 Å². The number of ether oxygens (including phenoxy) is 1. The Bertz CT molecular complexity index is 587. The van der Waals surface area contributed by atoms with Crippen molar-refractivity contribution in [1.29, 1.82) is 0 Å². The Hall–Kier alpha value is -2.41. The largest absolute Gasteiger partial charge is 0.371 e. The summed E-state index contributed by atoms with van der Waals surface area (Å²) >= 11 is 0. The molecule has 7 heteroatoms. The summed E-state index contributed by atoms with van der Waals surface area (Å²) in [7, 11) is 0. The van der Waals surface area contributed by atoms with Crippen LogP contribution in [0.15, 0.2) is 43.2 Å². The van der Waals surface area contributed by atoms with Gasteiger partial charge in [-0.25, -0.2) is 9.78 Å². The summed E-state index contributed by atoms with van der Waals surface area (Å²) in [6.07, 6.45) is 9.48. The van der Waals surface area contributed by atoms with E-state index in [1.54, 1.807) is 24.9 Å². The lowest BCUT2D eigenvalue weighted by Gasteiger charge is -2.20. The van der Waals surface area contributed by atoms with E-state index in [0.29, 0.717) is 19.7 Å². The van der Waals surface area contributed by atoms with Gasteiger partial charge in [-0.1, -0.05) is 6.07 Å². The number of carbonyl (C=O) groups is 1. The van der Waals surface area contributed by atoms with Crippen molar-refractivity contribution in [3.05, 3.63) is 48.8 Å². The second-order valence-corrected chi connectivity index (χ2v) is 5.17. The maximum absolute atomic E-state index is 12.0. The molecule has 1 aliphatic rings. The normalized spacial score (nSPS) is 20.7. The summed E-state index contributed by atoms with van der Waals surface area (Å²) in [5, 5.41) is 5.83. The van der Waals surface area contributed by atoms with Crippen molar-refractivity contribution in [2.24, 2.45) is 0 Å². The highest BCUT2D eigenvalue weighted by atomic mass is 16.5. The van der Waals surface area contributed by atoms with Gasteiger partial charge in [0, 0.05) is 50.0 Å². The highest BCUT2D eigenvalue weighted by molar-refractivity contribution is 5.74. The van der Waals surface area contributed by atoms with E-state index in [0.717, 1.165) is 12.0 Å². The first-order valence-electron chi connectivity index (χ1n) is 7.34. The van der Waals surface area contributed by atoms with Crippen molar-refractivity contribution in [2.45, 2.75) is 25.1 Å². The van der Waals surface area contributed by atoms with Crippen molar-refractivity contribution < 1.29 is 9.53 Å². The van der Waals surface area contributed by atoms with Gasteiger partial charge in [0.25, 0.3) is 0 Å². The van der Waals surface area contributed by atoms with E-state index in [1.165, 1.54) is 0 Å². The molecule has 3 rings (SSSR count). The number of carbonyl (C=O) groups excluding carboxylic acids is 1. The van der Waals surface area contributed by atoms with Crippen molar-refractivity contribution in [3.8, 4) is 0 Å². The zero-order valence-electron chi connectivity index (χ0n) is 12.2. The molecule has 22 heavy (non-hydrogen) atoms. The summed E-state index contributed by atoms with van der Waals surface area (Å²) in [5.41, 5.74) is 0.990. The van der Waals surface area contributed by atoms with E-state index in [4.69, 9.17) is 4.74 Å². The van der Waals surface area contributed by atoms with Crippen LogP contribution in [0.5, 0.6) is 0 Å². The fourth-order valence-electron chi connectivity index (χ4n) is 2.55. The molecule has 2 atom stereocenters. The summed E-state index contributed by atoms with van der Waals surface area (Å²) in [6.45, 7) is 1.88. The summed E-state index contributed by atoms with van der Waals surface area (Å²) in [4.78, 5) is 20.0. The van der Waals surface area contributed by atoms with Gasteiger partial charge in [0.15, 0.2) is 0 Å². The molecule has 0 unspecified atom stereocenters. The molecular weight excluding hydrogens is 282 g/mol. The summed E-state index contributed by atoms with van der Waals surface area (Å²) in [6, 6.07) is 3.63. The van der Waals surface area contributed by atoms with Crippen molar-refractivity contribution in [3.63, 3.8) is 0 Å². The highest BCUT2D eigenvalue weighted by Crippen LogP contribution is 2.28. The van der Waals surface area contributed by atoms with E-state index < -0.39 is 0 Å². The number of pyridine rings is 1. The number of amides is 2. The average Bonchev–Trinajstić information content (AvgIpc) is 3.20. The molecule has 0 spiro atoms. The van der Waals surface area contributed by atoms with Gasteiger partial charge in [0.1, 0.15) is 6.10 Å². The molecule has 2 N–H and O–H groups in total. The molecule has 0 saturated carbocycles. The van der Waals surface area contributed by atoms with Crippen LogP contribution in [0.2, 0.25) is 0 Å². The fraction of sp³-hybridized carbons (Fsp3) is 0.400. The standard InChI is InChI=1S/C15H19N5O2/c21-15(18-6-8-20-7-5-17-11-20)19-13-3-9-22-14(13)12-2-1-4-16-10-12/h1-2,4-5,7,10-11,13-14H,3,6,8-9H2,(H2,18,19,21)/t13-,14+/m0/s1. The van der Waals surface area contributed by atoms with Crippen LogP contribution >= 0.6 is 0 Å². The number of hydrogen-bond donors (Lipinski definition) is 2. The zero-order valence-corrected chi connectivity index (χ0v) is 12.2. The number of hydrogen-bond acceptors (Lipinski definition) is 4. The van der Waals surface area contributed by atoms with Crippen LogP contribution in [0.1, 0.15) is 18.1 Å². The third-order valence-electron chi connectivity index (χ3n) is 3.64. The van der Waals surface area contributed by atoms with Crippen LogP contribution < -0.4 is 10.6 Å². The third kappa shape index (κ3) is 3.62. The molecule has 0 bridgehead atoms. The fourth-order valence-corrected chi connectivity index (χ4v) is 2.55. The number of imidazole rings is 1. The minimum Gasteiger partial charge on any atom is -0.371 e. The minimum absolute atomic E-state index is 0.0301. The molecule has 1 fully saturated rings. The molecule has 116 valence electrons. The van der Waals surface area contributed by atoms with Gasteiger partial charge < -0.3 is 19.9 Å².